The zero-order valence-corrected chi connectivity index (χ0v) is 21.7. The second kappa shape index (κ2) is 31.1. The number of carboxylic acid groups (broad SMARTS) is 1. The van der Waals surface area contributed by atoms with Crippen molar-refractivity contribution < 1.29 is 24.2 Å². The quantitative estimate of drug-likeness (QED) is 0.171. The van der Waals surface area contributed by atoms with Crippen molar-refractivity contribution in [3.63, 3.8) is 0 Å². The van der Waals surface area contributed by atoms with E-state index in [2.05, 4.69) is 6.92 Å². The van der Waals surface area contributed by atoms with E-state index in [1.807, 2.05) is 27.7 Å². The molecule has 5 heteroatoms. The number of rotatable bonds is 18. The molecule has 0 amide bonds. The van der Waals surface area contributed by atoms with E-state index in [1.165, 1.54) is 77.0 Å². The fourth-order valence-electron chi connectivity index (χ4n) is 2.81. The maximum Gasteiger partial charge on any atom is 0.306 e. The summed E-state index contributed by atoms with van der Waals surface area (Å²) in [4.78, 5) is 20.7. The molecule has 0 fully saturated rings. The van der Waals surface area contributed by atoms with E-state index in [0.29, 0.717) is 6.42 Å². The molecule has 0 aromatic carbocycles. The third-order valence-corrected chi connectivity index (χ3v) is 4.56. The van der Waals surface area contributed by atoms with Crippen LogP contribution in [-0.2, 0) is 19.1 Å². The molecule has 0 saturated carbocycles. The summed E-state index contributed by atoms with van der Waals surface area (Å²) in [5.41, 5.74) is 0. The average molecular weight is 447 g/mol. The second-order valence-corrected chi connectivity index (χ2v) is 8.06. The number of aliphatic carboxylic acids is 1. The molecule has 0 aliphatic carbocycles. The van der Waals surface area contributed by atoms with Crippen LogP contribution in [0.25, 0.3) is 0 Å². The minimum absolute atomic E-state index is 0.0273. The molecule has 1 N–H and O–H groups in total. The number of esters is 1. The van der Waals surface area contributed by atoms with Gasteiger partial charge in [0.15, 0.2) is 0 Å². The van der Waals surface area contributed by atoms with E-state index in [1.54, 1.807) is 6.92 Å². The van der Waals surface area contributed by atoms with Gasteiger partial charge < -0.3 is 14.6 Å². The van der Waals surface area contributed by atoms with Gasteiger partial charge in [-0.2, -0.15) is 0 Å². The zero-order chi connectivity index (χ0) is 24.2. The third kappa shape index (κ3) is 43.6. The number of unbranched alkanes of at least 4 members (excludes halogenated alkanes) is 12. The number of carbonyl (C=O) groups is 2. The highest BCUT2D eigenvalue weighted by Gasteiger charge is 2.04. The minimum atomic E-state index is -0.745. The number of carbonyl (C=O) groups excluding carboxylic acids is 1. The lowest BCUT2D eigenvalue weighted by Crippen LogP contribution is -2.10. The Hall–Kier alpha value is -1.10. The lowest BCUT2D eigenvalue weighted by Gasteiger charge is -2.07. The van der Waals surface area contributed by atoms with Crippen molar-refractivity contribution in [1.29, 1.82) is 0 Å². The van der Waals surface area contributed by atoms with Gasteiger partial charge in [0, 0.05) is 26.1 Å². The van der Waals surface area contributed by atoms with Crippen molar-refractivity contribution in [2.75, 3.05) is 13.2 Å². The Morgan fingerprint density at radius 1 is 0.677 bits per heavy atom. The van der Waals surface area contributed by atoms with E-state index in [4.69, 9.17) is 14.6 Å². The van der Waals surface area contributed by atoms with Gasteiger partial charge in [0.05, 0.1) is 6.10 Å². The maximum absolute atomic E-state index is 11.3. The van der Waals surface area contributed by atoms with Crippen LogP contribution in [0.15, 0.2) is 0 Å². The first-order chi connectivity index (χ1) is 14.8. The summed E-state index contributed by atoms with van der Waals surface area (Å²) in [6.07, 6.45) is 18.2. The Kier molecular flexibility index (Phi) is 34.6. The Bertz CT molecular complexity index is 354. The van der Waals surface area contributed by atoms with Crippen molar-refractivity contribution in [3.8, 4) is 0 Å². The lowest BCUT2D eigenvalue weighted by molar-refractivity contribution is -0.147. The van der Waals surface area contributed by atoms with Crippen LogP contribution in [0.5, 0.6) is 0 Å². The molecule has 0 aromatic rings. The SMILES string of the molecule is CCC(=O)O.CCCCCCCCCCCCCCCC(=O)OC(C)C.CCOCC. The van der Waals surface area contributed by atoms with Crippen LogP contribution >= 0.6 is 0 Å². The summed E-state index contributed by atoms with van der Waals surface area (Å²) in [6.45, 7) is 13.3. The monoisotopic (exact) mass is 446 g/mol. The molecule has 188 valence electrons. The van der Waals surface area contributed by atoms with E-state index in [-0.39, 0.29) is 18.5 Å². The van der Waals surface area contributed by atoms with Gasteiger partial charge in [-0.1, -0.05) is 90.9 Å². The summed E-state index contributed by atoms with van der Waals surface area (Å²) in [7, 11) is 0. The molecular formula is C26H54O5. The summed E-state index contributed by atoms with van der Waals surface area (Å²) < 4.78 is 9.95. The first-order valence-corrected chi connectivity index (χ1v) is 12.8. The lowest BCUT2D eigenvalue weighted by atomic mass is 10.0. The predicted octanol–water partition coefficient (Wildman–Crippen LogP) is 7.94. The van der Waals surface area contributed by atoms with Crippen LogP contribution in [0, 0.1) is 0 Å². The van der Waals surface area contributed by atoms with Crippen LogP contribution in [0.4, 0.5) is 0 Å². The molecule has 0 aromatic heterocycles. The predicted molar refractivity (Wildman–Crippen MR) is 132 cm³/mol. The summed E-state index contributed by atoms with van der Waals surface area (Å²) in [5.74, 6) is -0.780. The van der Waals surface area contributed by atoms with Crippen LogP contribution in [0.2, 0.25) is 0 Å². The van der Waals surface area contributed by atoms with Gasteiger partial charge in [-0.05, 0) is 34.1 Å². The molecule has 31 heavy (non-hydrogen) atoms. The van der Waals surface area contributed by atoms with Crippen molar-refractivity contribution >= 4 is 11.9 Å². The molecule has 0 unspecified atom stereocenters. The molecule has 0 radical (unpaired) electrons. The summed E-state index contributed by atoms with van der Waals surface area (Å²) in [5, 5.41) is 7.72. The minimum Gasteiger partial charge on any atom is -0.481 e. The highest BCUT2D eigenvalue weighted by Crippen LogP contribution is 2.13. The molecular weight excluding hydrogens is 392 g/mol. The fraction of sp³-hybridized carbons (Fsp3) is 0.923. The largest absolute Gasteiger partial charge is 0.481 e. The molecule has 0 rings (SSSR count). The van der Waals surface area contributed by atoms with Gasteiger partial charge in [0.1, 0.15) is 0 Å². The van der Waals surface area contributed by atoms with Gasteiger partial charge in [-0.25, -0.2) is 0 Å². The first kappa shape index (κ1) is 34.5. The van der Waals surface area contributed by atoms with E-state index >= 15 is 0 Å². The Balaban J connectivity index is -0.000000646. The zero-order valence-electron chi connectivity index (χ0n) is 21.7. The van der Waals surface area contributed by atoms with Crippen LogP contribution < -0.4 is 0 Å². The second-order valence-electron chi connectivity index (χ2n) is 8.06. The highest BCUT2D eigenvalue weighted by atomic mass is 16.5. The number of hydrogen-bond donors (Lipinski definition) is 1. The van der Waals surface area contributed by atoms with Gasteiger partial charge in [-0.3, -0.25) is 9.59 Å². The molecule has 0 atom stereocenters. The van der Waals surface area contributed by atoms with Gasteiger partial charge in [-0.15, -0.1) is 0 Å². The van der Waals surface area contributed by atoms with Crippen LogP contribution in [0.1, 0.15) is 138 Å². The Morgan fingerprint density at radius 2 is 1.03 bits per heavy atom. The van der Waals surface area contributed by atoms with E-state index in [9.17, 15) is 9.59 Å². The van der Waals surface area contributed by atoms with Crippen molar-refractivity contribution in [2.45, 2.75) is 144 Å². The van der Waals surface area contributed by atoms with Crippen molar-refractivity contribution in [1.82, 2.24) is 0 Å². The standard InChI is InChI=1S/C19H38O2.C4H10O.C3H6O2/c1-4-5-6-7-8-9-10-11-12-13-14-15-16-17-19(20)21-18(2)3;1-3-5-4-2;1-2-3(4)5/h18H,4-17H2,1-3H3;3-4H2,1-2H3;2H2,1H3,(H,4,5). The van der Waals surface area contributed by atoms with Crippen LogP contribution in [0.3, 0.4) is 0 Å². The normalized spacial score (nSPS) is 10.0. The molecule has 0 aliphatic rings. The molecule has 0 aliphatic heterocycles. The third-order valence-electron chi connectivity index (χ3n) is 4.56. The Labute approximate surface area is 193 Å². The van der Waals surface area contributed by atoms with Crippen LogP contribution in [-0.4, -0.2) is 36.4 Å². The maximum atomic E-state index is 11.3. The average Bonchev–Trinajstić information content (AvgIpc) is 2.72. The van der Waals surface area contributed by atoms with Crippen molar-refractivity contribution in [2.24, 2.45) is 0 Å². The first-order valence-electron chi connectivity index (χ1n) is 12.8. The molecule has 0 spiro atoms. The van der Waals surface area contributed by atoms with Gasteiger partial charge in [0.25, 0.3) is 0 Å². The Morgan fingerprint density at radius 3 is 1.29 bits per heavy atom. The number of ether oxygens (including phenoxy) is 2. The van der Waals surface area contributed by atoms with E-state index in [0.717, 1.165) is 19.6 Å². The molecule has 0 saturated heterocycles. The number of hydrogen-bond acceptors (Lipinski definition) is 4. The van der Waals surface area contributed by atoms with E-state index < -0.39 is 5.97 Å². The number of carboxylic acids is 1. The van der Waals surface area contributed by atoms with Gasteiger partial charge >= 0.3 is 11.9 Å². The van der Waals surface area contributed by atoms with Crippen molar-refractivity contribution in [3.05, 3.63) is 0 Å². The molecule has 5 nitrogen and oxygen atoms in total. The summed E-state index contributed by atoms with van der Waals surface area (Å²) >= 11 is 0. The molecule has 0 bridgehead atoms. The topological polar surface area (TPSA) is 72.8 Å². The molecule has 0 heterocycles. The smallest absolute Gasteiger partial charge is 0.306 e. The van der Waals surface area contributed by atoms with Gasteiger partial charge in [0.2, 0.25) is 0 Å². The highest BCUT2D eigenvalue weighted by molar-refractivity contribution is 5.69. The summed E-state index contributed by atoms with van der Waals surface area (Å²) in [6, 6.07) is 0. The fourth-order valence-corrected chi connectivity index (χ4v) is 2.81.